The highest BCUT2D eigenvalue weighted by Gasteiger charge is 1.97. The van der Waals surface area contributed by atoms with Crippen LogP contribution >= 0.6 is 11.6 Å². The van der Waals surface area contributed by atoms with E-state index in [1.165, 1.54) is 0 Å². The molecule has 0 N–H and O–H groups in total. The van der Waals surface area contributed by atoms with Crippen molar-refractivity contribution in [1.82, 2.24) is 0 Å². The molecule has 1 aromatic carbocycles. The molecule has 1 aromatic rings. The molecule has 12 heavy (non-hydrogen) atoms. The fraction of sp³-hybridized carbons (Fsp3) is 0. The van der Waals surface area contributed by atoms with Crippen LogP contribution in [0.15, 0.2) is 30.8 Å². The van der Waals surface area contributed by atoms with Gasteiger partial charge in [-0.05, 0) is 17.7 Å². The third-order valence-corrected chi connectivity index (χ3v) is 1.39. The van der Waals surface area contributed by atoms with Crippen LogP contribution in [0.1, 0.15) is 5.56 Å². The van der Waals surface area contributed by atoms with Gasteiger partial charge in [0.15, 0.2) is 0 Å². The van der Waals surface area contributed by atoms with Crippen LogP contribution in [-0.2, 0) is 0 Å². The molecule has 0 aliphatic heterocycles. The summed E-state index contributed by atoms with van der Waals surface area (Å²) in [5, 5.41) is 0. The lowest BCUT2D eigenvalue weighted by Gasteiger charge is -1.98. The van der Waals surface area contributed by atoms with Crippen LogP contribution in [0.3, 0.4) is 0 Å². The first-order valence-electron chi connectivity index (χ1n) is 3.32. The molecule has 0 aliphatic carbocycles. The molecule has 0 aromatic heterocycles. The normalized spacial score (nSPS) is 9.08. The van der Waals surface area contributed by atoms with E-state index in [0.29, 0.717) is 5.75 Å². The maximum absolute atomic E-state index is 10.3. The molecule has 0 spiro atoms. The number of ether oxygens (including phenoxy) is 1. The number of hydrogen-bond donors (Lipinski definition) is 0. The van der Waals surface area contributed by atoms with Gasteiger partial charge in [-0.1, -0.05) is 24.8 Å². The summed E-state index contributed by atoms with van der Waals surface area (Å²) in [6, 6.07) is 6.86. The first-order chi connectivity index (χ1) is 5.72. The Kier molecular flexibility index (Phi) is 2.88. The lowest BCUT2D eigenvalue weighted by Crippen LogP contribution is -1.95. The molecule has 0 unspecified atom stereocenters. The molecule has 2 nitrogen and oxygen atoms in total. The van der Waals surface area contributed by atoms with E-state index in [1.807, 2.05) is 0 Å². The monoisotopic (exact) mass is 182 g/mol. The molecular formula is C9H7ClO2. The van der Waals surface area contributed by atoms with Crippen molar-refractivity contribution in [2.75, 3.05) is 0 Å². The summed E-state index contributed by atoms with van der Waals surface area (Å²) in [4.78, 5) is 10.3. The first kappa shape index (κ1) is 8.81. The maximum atomic E-state index is 10.3. The summed E-state index contributed by atoms with van der Waals surface area (Å²) in [5.41, 5.74) is 0.130. The Hall–Kier alpha value is -1.28. The van der Waals surface area contributed by atoms with Crippen LogP contribution in [0, 0.1) is 0 Å². The molecule has 0 bridgehead atoms. The largest absolute Gasteiger partial charge is 0.415 e. The molecule has 0 amide bonds. The fourth-order valence-electron chi connectivity index (χ4n) is 0.765. The SMILES string of the molecule is C=Cc1ccc(OC(=O)Cl)cc1. The van der Waals surface area contributed by atoms with Gasteiger partial charge in [0.2, 0.25) is 0 Å². The van der Waals surface area contributed by atoms with Crippen molar-refractivity contribution in [1.29, 1.82) is 0 Å². The van der Waals surface area contributed by atoms with E-state index in [4.69, 9.17) is 11.6 Å². The zero-order chi connectivity index (χ0) is 8.97. The summed E-state index contributed by atoms with van der Waals surface area (Å²) in [5.74, 6) is 0.431. The standard InChI is InChI=1S/C9H7ClO2/c1-2-7-3-5-8(6-4-7)12-9(10)11/h2-6H,1H2. The number of rotatable bonds is 2. The summed E-state index contributed by atoms with van der Waals surface area (Å²) >= 11 is 5.00. The van der Waals surface area contributed by atoms with E-state index in [-0.39, 0.29) is 0 Å². The van der Waals surface area contributed by atoms with Crippen molar-refractivity contribution >= 4 is 23.1 Å². The highest BCUT2D eigenvalue weighted by Crippen LogP contribution is 2.13. The van der Waals surface area contributed by atoms with Gasteiger partial charge in [0.1, 0.15) is 5.75 Å². The smallest absolute Gasteiger partial charge is 0.409 e. The summed E-state index contributed by atoms with van der Waals surface area (Å²) in [6.07, 6.45) is 1.70. The van der Waals surface area contributed by atoms with Crippen molar-refractivity contribution in [3.8, 4) is 5.75 Å². The topological polar surface area (TPSA) is 26.3 Å². The third-order valence-electron chi connectivity index (χ3n) is 1.31. The number of carbonyl (C=O) groups is 1. The Morgan fingerprint density at radius 1 is 1.42 bits per heavy atom. The molecule has 0 saturated heterocycles. The van der Waals surface area contributed by atoms with E-state index in [2.05, 4.69) is 11.3 Å². The van der Waals surface area contributed by atoms with Crippen molar-refractivity contribution in [3.05, 3.63) is 36.4 Å². The Bertz CT molecular complexity index is 290. The zero-order valence-electron chi connectivity index (χ0n) is 6.29. The average molecular weight is 183 g/mol. The summed E-state index contributed by atoms with van der Waals surface area (Å²) in [6.45, 7) is 3.59. The van der Waals surface area contributed by atoms with E-state index in [9.17, 15) is 4.79 Å². The van der Waals surface area contributed by atoms with Gasteiger partial charge >= 0.3 is 5.43 Å². The number of benzene rings is 1. The van der Waals surface area contributed by atoms with Gasteiger partial charge in [-0.2, -0.15) is 0 Å². The molecule has 62 valence electrons. The number of hydrogen-bond acceptors (Lipinski definition) is 2. The molecule has 0 radical (unpaired) electrons. The molecule has 0 fully saturated rings. The second kappa shape index (κ2) is 3.93. The molecular weight excluding hydrogens is 176 g/mol. The lowest BCUT2D eigenvalue weighted by atomic mass is 10.2. The van der Waals surface area contributed by atoms with Crippen LogP contribution in [-0.4, -0.2) is 5.43 Å². The molecule has 0 saturated carbocycles. The second-order valence-electron chi connectivity index (χ2n) is 2.11. The quantitative estimate of drug-likeness (QED) is 0.657. The Morgan fingerprint density at radius 2 is 2.00 bits per heavy atom. The molecule has 0 aliphatic rings. The van der Waals surface area contributed by atoms with Gasteiger partial charge in [0.05, 0.1) is 0 Å². The van der Waals surface area contributed by atoms with Gasteiger partial charge in [-0.15, -0.1) is 0 Å². The summed E-state index contributed by atoms with van der Waals surface area (Å²) < 4.78 is 4.61. The van der Waals surface area contributed by atoms with Crippen LogP contribution in [0.2, 0.25) is 0 Å². The van der Waals surface area contributed by atoms with E-state index in [0.717, 1.165) is 5.56 Å². The van der Waals surface area contributed by atoms with E-state index in [1.54, 1.807) is 30.3 Å². The zero-order valence-corrected chi connectivity index (χ0v) is 7.04. The van der Waals surface area contributed by atoms with Crippen LogP contribution in [0.4, 0.5) is 4.79 Å². The van der Waals surface area contributed by atoms with Gasteiger partial charge in [0, 0.05) is 11.6 Å². The average Bonchev–Trinajstić information content (AvgIpc) is 2.05. The highest BCUT2D eigenvalue weighted by molar-refractivity contribution is 6.61. The van der Waals surface area contributed by atoms with E-state index >= 15 is 0 Å². The number of halogens is 1. The predicted molar refractivity (Wildman–Crippen MR) is 48.4 cm³/mol. The Labute approximate surface area is 75.4 Å². The minimum atomic E-state index is -0.832. The Balaban J connectivity index is 2.77. The summed E-state index contributed by atoms with van der Waals surface area (Å²) in [7, 11) is 0. The predicted octanol–water partition coefficient (Wildman–Crippen LogP) is 3.07. The van der Waals surface area contributed by atoms with Crippen molar-refractivity contribution in [2.45, 2.75) is 0 Å². The molecule has 3 heteroatoms. The lowest BCUT2D eigenvalue weighted by molar-refractivity contribution is 0.225. The Morgan fingerprint density at radius 3 is 2.42 bits per heavy atom. The van der Waals surface area contributed by atoms with Crippen LogP contribution in [0.25, 0.3) is 6.08 Å². The van der Waals surface area contributed by atoms with Crippen molar-refractivity contribution < 1.29 is 9.53 Å². The van der Waals surface area contributed by atoms with Crippen LogP contribution < -0.4 is 4.74 Å². The van der Waals surface area contributed by atoms with Crippen LogP contribution in [0.5, 0.6) is 5.75 Å². The van der Waals surface area contributed by atoms with Crippen molar-refractivity contribution in [2.24, 2.45) is 0 Å². The third kappa shape index (κ3) is 2.40. The highest BCUT2D eigenvalue weighted by atomic mass is 35.5. The van der Waals surface area contributed by atoms with E-state index < -0.39 is 5.43 Å². The molecule has 0 heterocycles. The fourth-order valence-corrected chi connectivity index (χ4v) is 0.854. The maximum Gasteiger partial charge on any atom is 0.409 e. The first-order valence-corrected chi connectivity index (χ1v) is 3.70. The molecule has 1 rings (SSSR count). The van der Waals surface area contributed by atoms with Gasteiger partial charge in [0.25, 0.3) is 0 Å². The minimum absolute atomic E-state index is 0.431. The van der Waals surface area contributed by atoms with Gasteiger partial charge in [-0.25, -0.2) is 4.79 Å². The van der Waals surface area contributed by atoms with Gasteiger partial charge < -0.3 is 4.74 Å². The number of carbonyl (C=O) groups excluding carboxylic acids is 1. The second-order valence-corrected chi connectivity index (χ2v) is 2.42. The molecule has 0 atom stereocenters. The van der Waals surface area contributed by atoms with Crippen molar-refractivity contribution in [3.63, 3.8) is 0 Å². The van der Waals surface area contributed by atoms with Gasteiger partial charge in [-0.3, -0.25) is 0 Å². The minimum Gasteiger partial charge on any atom is -0.415 e.